The molecule has 1 unspecified atom stereocenters. The van der Waals surface area contributed by atoms with Gasteiger partial charge in [-0.1, -0.05) is 25.8 Å². The molecule has 0 aromatic carbocycles. The first-order valence-corrected chi connectivity index (χ1v) is 9.06. The lowest BCUT2D eigenvalue weighted by Gasteiger charge is -2.52. The summed E-state index contributed by atoms with van der Waals surface area (Å²) < 4.78 is 0. The van der Waals surface area contributed by atoms with Gasteiger partial charge in [-0.3, -0.25) is 4.90 Å². The Hall–Kier alpha value is -0.380. The Kier molecular flexibility index (Phi) is 4.21. The molecule has 1 aromatic heterocycles. The minimum Gasteiger partial charge on any atom is -0.308 e. The summed E-state index contributed by atoms with van der Waals surface area (Å²) in [6.45, 7) is 8.41. The molecule has 1 saturated heterocycles. The third kappa shape index (κ3) is 2.81. The molecule has 3 rings (SSSR count). The van der Waals surface area contributed by atoms with Gasteiger partial charge in [0, 0.05) is 35.6 Å². The SMILES string of the molecule is CCC1(C)CNC2(CCCC2)CN1CCc1cccs1. The molecule has 0 amide bonds. The molecule has 3 heteroatoms. The van der Waals surface area contributed by atoms with Crippen LogP contribution >= 0.6 is 11.3 Å². The third-order valence-electron chi connectivity index (χ3n) is 5.63. The number of thiophene rings is 1. The molecule has 112 valence electrons. The van der Waals surface area contributed by atoms with Crippen molar-refractivity contribution >= 4 is 11.3 Å². The van der Waals surface area contributed by atoms with E-state index in [1.54, 1.807) is 0 Å². The average molecular weight is 292 g/mol. The van der Waals surface area contributed by atoms with Gasteiger partial charge in [0.1, 0.15) is 0 Å². The van der Waals surface area contributed by atoms with Crippen LogP contribution in [0.1, 0.15) is 50.8 Å². The van der Waals surface area contributed by atoms with Crippen LogP contribution in [0.25, 0.3) is 0 Å². The zero-order valence-electron chi connectivity index (χ0n) is 13.0. The third-order valence-corrected chi connectivity index (χ3v) is 6.57. The first-order valence-electron chi connectivity index (χ1n) is 8.18. The summed E-state index contributed by atoms with van der Waals surface area (Å²) in [5.41, 5.74) is 0.773. The van der Waals surface area contributed by atoms with Crippen molar-refractivity contribution in [2.75, 3.05) is 19.6 Å². The Morgan fingerprint density at radius 2 is 2.15 bits per heavy atom. The highest BCUT2D eigenvalue weighted by Gasteiger charge is 2.44. The molecule has 1 aliphatic heterocycles. The summed E-state index contributed by atoms with van der Waals surface area (Å²) >= 11 is 1.90. The van der Waals surface area contributed by atoms with Crippen molar-refractivity contribution in [3.8, 4) is 0 Å². The predicted octanol–water partition coefficient (Wildman–Crippen LogP) is 3.68. The second-order valence-corrected chi connectivity index (χ2v) is 7.97. The van der Waals surface area contributed by atoms with Gasteiger partial charge in [0.2, 0.25) is 0 Å². The Morgan fingerprint density at radius 1 is 1.35 bits per heavy atom. The molecule has 1 saturated carbocycles. The van der Waals surface area contributed by atoms with Crippen LogP contribution in [0.15, 0.2) is 17.5 Å². The molecule has 2 aliphatic rings. The highest BCUT2D eigenvalue weighted by Crippen LogP contribution is 2.36. The smallest absolute Gasteiger partial charge is 0.0309 e. The lowest BCUT2D eigenvalue weighted by molar-refractivity contribution is 0.0154. The van der Waals surface area contributed by atoms with E-state index in [4.69, 9.17) is 0 Å². The van der Waals surface area contributed by atoms with Crippen molar-refractivity contribution in [3.63, 3.8) is 0 Å². The molecule has 2 nitrogen and oxygen atoms in total. The summed E-state index contributed by atoms with van der Waals surface area (Å²) in [6, 6.07) is 4.46. The van der Waals surface area contributed by atoms with Crippen molar-refractivity contribution < 1.29 is 0 Å². The molecule has 1 aromatic rings. The fourth-order valence-electron chi connectivity index (χ4n) is 3.89. The zero-order chi connectivity index (χ0) is 14.1. The van der Waals surface area contributed by atoms with Gasteiger partial charge in [-0.2, -0.15) is 0 Å². The molecule has 1 atom stereocenters. The lowest BCUT2D eigenvalue weighted by atomic mass is 9.85. The Balaban J connectivity index is 1.69. The van der Waals surface area contributed by atoms with Gasteiger partial charge in [0.15, 0.2) is 0 Å². The average Bonchev–Trinajstić information content (AvgIpc) is 3.12. The van der Waals surface area contributed by atoms with Crippen LogP contribution in [0.2, 0.25) is 0 Å². The maximum atomic E-state index is 3.92. The highest BCUT2D eigenvalue weighted by molar-refractivity contribution is 7.09. The number of piperazine rings is 1. The number of hydrogen-bond donors (Lipinski definition) is 1. The van der Waals surface area contributed by atoms with Gasteiger partial charge in [-0.25, -0.2) is 0 Å². The molecule has 2 fully saturated rings. The summed E-state index contributed by atoms with van der Waals surface area (Å²) in [4.78, 5) is 4.32. The molecular formula is C17H28N2S. The molecule has 2 heterocycles. The van der Waals surface area contributed by atoms with Crippen LogP contribution in [0.4, 0.5) is 0 Å². The van der Waals surface area contributed by atoms with Crippen LogP contribution in [0.5, 0.6) is 0 Å². The lowest BCUT2D eigenvalue weighted by Crippen LogP contribution is -2.68. The molecule has 0 radical (unpaired) electrons. The number of rotatable bonds is 4. The summed E-state index contributed by atoms with van der Waals surface area (Å²) in [5.74, 6) is 0. The van der Waals surface area contributed by atoms with Gasteiger partial charge in [-0.05, 0) is 44.1 Å². The largest absolute Gasteiger partial charge is 0.308 e. The van der Waals surface area contributed by atoms with E-state index in [0.29, 0.717) is 11.1 Å². The van der Waals surface area contributed by atoms with Crippen molar-refractivity contribution in [1.82, 2.24) is 10.2 Å². The molecular weight excluding hydrogens is 264 g/mol. The van der Waals surface area contributed by atoms with E-state index < -0.39 is 0 Å². The maximum Gasteiger partial charge on any atom is 0.0309 e. The van der Waals surface area contributed by atoms with Gasteiger partial charge < -0.3 is 5.32 Å². The van der Waals surface area contributed by atoms with E-state index in [2.05, 4.69) is 41.6 Å². The summed E-state index contributed by atoms with van der Waals surface area (Å²) in [5, 5.41) is 6.12. The van der Waals surface area contributed by atoms with Crippen molar-refractivity contribution in [2.45, 2.75) is 63.5 Å². The van der Waals surface area contributed by atoms with E-state index in [-0.39, 0.29) is 0 Å². The van der Waals surface area contributed by atoms with E-state index in [0.717, 1.165) is 6.54 Å². The van der Waals surface area contributed by atoms with Crippen LogP contribution in [0, 0.1) is 0 Å². The topological polar surface area (TPSA) is 15.3 Å². The summed E-state index contributed by atoms with van der Waals surface area (Å²) in [7, 11) is 0. The molecule has 1 spiro atoms. The van der Waals surface area contributed by atoms with Gasteiger partial charge in [-0.15, -0.1) is 11.3 Å². The second kappa shape index (κ2) is 5.78. The molecule has 0 bridgehead atoms. The fourth-order valence-corrected chi connectivity index (χ4v) is 4.58. The Bertz CT molecular complexity index is 422. The minimum atomic E-state index is 0.338. The van der Waals surface area contributed by atoms with Gasteiger partial charge in [0.05, 0.1) is 0 Å². The van der Waals surface area contributed by atoms with E-state index in [9.17, 15) is 0 Å². The van der Waals surface area contributed by atoms with Crippen LogP contribution in [-0.4, -0.2) is 35.6 Å². The van der Waals surface area contributed by atoms with Gasteiger partial charge >= 0.3 is 0 Å². The zero-order valence-corrected chi connectivity index (χ0v) is 13.8. The molecule has 1 aliphatic carbocycles. The van der Waals surface area contributed by atoms with Crippen molar-refractivity contribution in [3.05, 3.63) is 22.4 Å². The normalized spacial score (nSPS) is 30.1. The predicted molar refractivity (Wildman–Crippen MR) is 87.5 cm³/mol. The first kappa shape index (κ1) is 14.6. The van der Waals surface area contributed by atoms with Crippen LogP contribution in [-0.2, 0) is 6.42 Å². The van der Waals surface area contributed by atoms with E-state index in [1.807, 2.05) is 11.3 Å². The maximum absolute atomic E-state index is 3.92. The number of hydrogen-bond acceptors (Lipinski definition) is 3. The molecule has 1 N–H and O–H groups in total. The second-order valence-electron chi connectivity index (χ2n) is 6.94. The monoisotopic (exact) mass is 292 g/mol. The number of nitrogens with one attached hydrogen (secondary N) is 1. The van der Waals surface area contributed by atoms with Crippen LogP contribution in [0.3, 0.4) is 0 Å². The van der Waals surface area contributed by atoms with E-state index >= 15 is 0 Å². The van der Waals surface area contributed by atoms with E-state index in [1.165, 1.54) is 56.5 Å². The minimum absolute atomic E-state index is 0.338. The van der Waals surface area contributed by atoms with Crippen molar-refractivity contribution in [1.29, 1.82) is 0 Å². The first-order chi connectivity index (χ1) is 9.66. The van der Waals surface area contributed by atoms with Crippen LogP contribution < -0.4 is 5.32 Å². The Morgan fingerprint density at radius 3 is 2.80 bits per heavy atom. The fraction of sp³-hybridized carbons (Fsp3) is 0.765. The standard InChI is InChI=1S/C17H28N2S/c1-3-16(2)13-18-17(9-4-5-10-17)14-19(16)11-8-15-7-6-12-20-15/h6-7,12,18H,3-5,8-11,13-14H2,1-2H3. The number of nitrogens with zero attached hydrogens (tertiary/aromatic N) is 1. The molecule has 20 heavy (non-hydrogen) atoms. The highest BCUT2D eigenvalue weighted by atomic mass is 32.1. The summed E-state index contributed by atoms with van der Waals surface area (Å²) in [6.07, 6.45) is 8.03. The van der Waals surface area contributed by atoms with Gasteiger partial charge in [0.25, 0.3) is 0 Å². The quantitative estimate of drug-likeness (QED) is 0.911. The van der Waals surface area contributed by atoms with Crippen molar-refractivity contribution in [2.24, 2.45) is 0 Å². The Labute approximate surface area is 127 Å².